The number of H-pyrrole nitrogens is 1. The van der Waals surface area contributed by atoms with Crippen LogP contribution >= 0.6 is 11.6 Å². The zero-order chi connectivity index (χ0) is 13.4. The molecule has 0 unspecified atom stereocenters. The molecule has 0 amide bonds. The smallest absolute Gasteiger partial charge is 0.191 e. The Morgan fingerprint density at radius 2 is 2.21 bits per heavy atom. The molecule has 19 heavy (non-hydrogen) atoms. The highest BCUT2D eigenvalue weighted by Gasteiger charge is 2.28. The van der Waals surface area contributed by atoms with E-state index in [4.69, 9.17) is 16.3 Å². The van der Waals surface area contributed by atoms with Gasteiger partial charge in [-0.3, -0.25) is 5.10 Å². The molecular formula is C14H16ClN3O. The van der Waals surface area contributed by atoms with Gasteiger partial charge in [-0.2, -0.15) is 5.10 Å². The lowest BCUT2D eigenvalue weighted by Gasteiger charge is -2.13. The summed E-state index contributed by atoms with van der Waals surface area (Å²) < 4.78 is 5.90. The van der Waals surface area contributed by atoms with Crippen molar-refractivity contribution < 1.29 is 4.74 Å². The van der Waals surface area contributed by atoms with Crippen LogP contribution in [-0.4, -0.2) is 15.2 Å². The fourth-order valence-electron chi connectivity index (χ4n) is 2.00. The lowest BCUT2D eigenvalue weighted by molar-refractivity contribution is 0.215. The van der Waals surface area contributed by atoms with Gasteiger partial charge in [0.2, 0.25) is 0 Å². The van der Waals surface area contributed by atoms with Crippen molar-refractivity contribution in [2.45, 2.75) is 38.7 Å². The molecule has 0 spiro atoms. The summed E-state index contributed by atoms with van der Waals surface area (Å²) >= 11 is 5.93. The Morgan fingerprint density at radius 1 is 1.42 bits per heavy atom. The van der Waals surface area contributed by atoms with E-state index in [9.17, 15) is 0 Å². The highest BCUT2D eigenvalue weighted by Crippen LogP contribution is 2.38. The van der Waals surface area contributed by atoms with Gasteiger partial charge in [0.1, 0.15) is 11.6 Å². The van der Waals surface area contributed by atoms with Crippen molar-refractivity contribution in [3.05, 3.63) is 40.4 Å². The number of hydrogen-bond donors (Lipinski definition) is 1. The van der Waals surface area contributed by atoms with Crippen LogP contribution in [0.25, 0.3) is 0 Å². The first-order valence-electron chi connectivity index (χ1n) is 6.48. The lowest BCUT2D eigenvalue weighted by atomic mass is 10.2. The first kappa shape index (κ1) is 12.5. The number of aromatic amines is 1. The van der Waals surface area contributed by atoms with Gasteiger partial charge in [0.25, 0.3) is 0 Å². The molecule has 3 rings (SSSR count). The molecule has 1 aromatic carbocycles. The second kappa shape index (κ2) is 4.85. The molecule has 1 heterocycles. The topological polar surface area (TPSA) is 50.8 Å². The third-order valence-corrected chi connectivity index (χ3v) is 3.52. The van der Waals surface area contributed by atoms with Crippen LogP contribution in [0.4, 0.5) is 0 Å². The van der Waals surface area contributed by atoms with Crippen molar-refractivity contribution in [3.8, 4) is 5.75 Å². The van der Waals surface area contributed by atoms with Crippen molar-refractivity contribution in [1.29, 1.82) is 0 Å². The zero-order valence-electron chi connectivity index (χ0n) is 11.0. The van der Waals surface area contributed by atoms with E-state index in [-0.39, 0.29) is 6.10 Å². The number of halogens is 1. The Labute approximate surface area is 117 Å². The van der Waals surface area contributed by atoms with E-state index in [1.807, 2.05) is 32.0 Å². The molecule has 1 aliphatic rings. The molecule has 0 aliphatic heterocycles. The third kappa shape index (κ3) is 2.73. The van der Waals surface area contributed by atoms with E-state index in [2.05, 4.69) is 15.2 Å². The molecule has 1 atom stereocenters. The van der Waals surface area contributed by atoms with E-state index in [1.54, 1.807) is 0 Å². The van der Waals surface area contributed by atoms with E-state index >= 15 is 0 Å². The average molecular weight is 278 g/mol. The summed E-state index contributed by atoms with van der Waals surface area (Å²) in [7, 11) is 0. The van der Waals surface area contributed by atoms with Crippen LogP contribution in [0.3, 0.4) is 0 Å². The van der Waals surface area contributed by atoms with Gasteiger partial charge in [0.05, 0.1) is 0 Å². The van der Waals surface area contributed by atoms with Gasteiger partial charge in [-0.1, -0.05) is 11.6 Å². The van der Waals surface area contributed by atoms with Crippen molar-refractivity contribution in [2.75, 3.05) is 0 Å². The summed E-state index contributed by atoms with van der Waals surface area (Å²) in [5.41, 5.74) is 1.01. The first-order chi connectivity index (χ1) is 9.13. The molecule has 1 saturated carbocycles. The Morgan fingerprint density at radius 3 is 2.89 bits per heavy atom. The summed E-state index contributed by atoms with van der Waals surface area (Å²) in [5, 5.41) is 7.94. The Bertz CT molecular complexity index is 592. The molecule has 100 valence electrons. The maximum atomic E-state index is 5.93. The first-order valence-corrected chi connectivity index (χ1v) is 6.86. The number of ether oxygens (including phenoxy) is 1. The van der Waals surface area contributed by atoms with Crippen LogP contribution in [0.15, 0.2) is 18.2 Å². The van der Waals surface area contributed by atoms with Gasteiger partial charge in [0.15, 0.2) is 11.9 Å². The molecule has 0 radical (unpaired) electrons. The van der Waals surface area contributed by atoms with E-state index in [1.165, 1.54) is 12.8 Å². The Balaban J connectivity index is 1.74. The molecule has 0 bridgehead atoms. The molecule has 1 aliphatic carbocycles. The van der Waals surface area contributed by atoms with Gasteiger partial charge < -0.3 is 4.74 Å². The van der Waals surface area contributed by atoms with E-state index < -0.39 is 0 Å². The average Bonchev–Trinajstić information content (AvgIpc) is 3.10. The van der Waals surface area contributed by atoms with Crippen LogP contribution in [0.5, 0.6) is 5.75 Å². The van der Waals surface area contributed by atoms with E-state index in [0.717, 1.165) is 17.1 Å². The molecule has 5 heteroatoms. The lowest BCUT2D eigenvalue weighted by Crippen LogP contribution is -2.06. The second-order valence-corrected chi connectivity index (χ2v) is 5.46. The number of aromatic nitrogens is 3. The minimum Gasteiger partial charge on any atom is -0.482 e. The predicted molar refractivity (Wildman–Crippen MR) is 73.6 cm³/mol. The van der Waals surface area contributed by atoms with Gasteiger partial charge >= 0.3 is 0 Å². The second-order valence-electron chi connectivity index (χ2n) is 5.02. The summed E-state index contributed by atoms with van der Waals surface area (Å²) in [6, 6.07) is 5.59. The zero-order valence-corrected chi connectivity index (χ0v) is 11.7. The fraction of sp³-hybridized carbons (Fsp3) is 0.429. The summed E-state index contributed by atoms with van der Waals surface area (Å²) in [4.78, 5) is 4.50. The third-order valence-electron chi connectivity index (χ3n) is 3.29. The van der Waals surface area contributed by atoms with Crippen molar-refractivity contribution in [2.24, 2.45) is 0 Å². The molecular weight excluding hydrogens is 262 g/mol. The summed E-state index contributed by atoms with van der Waals surface area (Å²) in [6.07, 6.45) is 2.24. The predicted octanol–water partition coefficient (Wildman–Crippen LogP) is 3.78. The SMILES string of the molecule is Cc1cc(Cl)ccc1O[C@@H](C)c1n[nH]c(C2CC2)n1. The van der Waals surface area contributed by atoms with Crippen LogP contribution in [0, 0.1) is 6.92 Å². The number of hydrogen-bond acceptors (Lipinski definition) is 3. The highest BCUT2D eigenvalue weighted by atomic mass is 35.5. The quantitative estimate of drug-likeness (QED) is 0.925. The standard InChI is InChI=1S/C14H16ClN3O/c1-8-7-11(15)5-6-12(8)19-9(2)13-16-14(18-17-13)10-3-4-10/h5-7,9-10H,3-4H2,1-2H3,(H,16,17,18)/t9-/m0/s1. The molecule has 0 saturated heterocycles. The number of nitrogens with one attached hydrogen (secondary N) is 1. The fourth-order valence-corrected chi connectivity index (χ4v) is 2.22. The minimum absolute atomic E-state index is 0.177. The van der Waals surface area contributed by atoms with Crippen LogP contribution in [0.1, 0.15) is 49.0 Å². The van der Waals surface area contributed by atoms with Crippen molar-refractivity contribution >= 4 is 11.6 Å². The number of rotatable bonds is 4. The summed E-state index contributed by atoms with van der Waals surface area (Å²) in [6.45, 7) is 3.93. The van der Waals surface area contributed by atoms with Gasteiger partial charge in [-0.15, -0.1) is 0 Å². The van der Waals surface area contributed by atoms with Crippen LogP contribution in [0.2, 0.25) is 5.02 Å². The molecule has 1 N–H and O–H groups in total. The van der Waals surface area contributed by atoms with Crippen molar-refractivity contribution in [1.82, 2.24) is 15.2 Å². The molecule has 2 aromatic rings. The Kier molecular flexibility index (Phi) is 3.19. The largest absolute Gasteiger partial charge is 0.482 e. The van der Waals surface area contributed by atoms with Crippen LogP contribution < -0.4 is 4.74 Å². The monoisotopic (exact) mass is 277 g/mol. The van der Waals surface area contributed by atoms with E-state index in [0.29, 0.717) is 16.8 Å². The molecule has 4 nitrogen and oxygen atoms in total. The number of nitrogens with zero attached hydrogens (tertiary/aromatic N) is 2. The van der Waals surface area contributed by atoms with Gasteiger partial charge in [-0.05, 0) is 50.5 Å². The molecule has 1 aromatic heterocycles. The van der Waals surface area contributed by atoms with Crippen molar-refractivity contribution in [3.63, 3.8) is 0 Å². The minimum atomic E-state index is -0.177. The normalized spacial score (nSPS) is 16.4. The molecule has 1 fully saturated rings. The maximum absolute atomic E-state index is 5.93. The highest BCUT2D eigenvalue weighted by molar-refractivity contribution is 6.30. The van der Waals surface area contributed by atoms with Gasteiger partial charge in [-0.25, -0.2) is 4.98 Å². The summed E-state index contributed by atoms with van der Waals surface area (Å²) in [5.74, 6) is 3.08. The maximum Gasteiger partial charge on any atom is 0.191 e. The Hall–Kier alpha value is -1.55. The number of aryl methyl sites for hydroxylation is 1. The van der Waals surface area contributed by atoms with Crippen LogP contribution in [-0.2, 0) is 0 Å². The number of benzene rings is 1. The van der Waals surface area contributed by atoms with Gasteiger partial charge in [0, 0.05) is 10.9 Å².